The molecule has 4 rings (SSSR count). The molecular formula is C24H19ClN2O4S. The molecule has 1 aliphatic rings. The van der Waals surface area contributed by atoms with Crippen molar-refractivity contribution in [2.45, 2.75) is 25.7 Å². The molecule has 32 heavy (non-hydrogen) atoms. The number of hydrogen-bond acceptors (Lipinski definition) is 6. The van der Waals surface area contributed by atoms with Crippen LogP contribution in [-0.2, 0) is 22.4 Å². The number of ether oxygens (including phenoxy) is 1. The Labute approximate surface area is 194 Å². The second-order valence-corrected chi connectivity index (χ2v) is 8.78. The van der Waals surface area contributed by atoms with Gasteiger partial charge in [-0.1, -0.05) is 11.6 Å². The summed E-state index contributed by atoms with van der Waals surface area (Å²) < 4.78 is 10.7. The first-order chi connectivity index (χ1) is 15.5. The molecule has 0 saturated carbocycles. The number of nitriles is 1. The first-order valence-electron chi connectivity index (χ1n) is 10.0. The summed E-state index contributed by atoms with van der Waals surface area (Å²) in [7, 11) is 1.32. The summed E-state index contributed by atoms with van der Waals surface area (Å²) in [5.74, 6) is -0.147. The fourth-order valence-electron chi connectivity index (χ4n) is 3.63. The van der Waals surface area contributed by atoms with Gasteiger partial charge in [0.1, 0.15) is 28.2 Å². The predicted molar refractivity (Wildman–Crippen MR) is 124 cm³/mol. The number of fused-ring (bicyclic) bond motifs is 1. The van der Waals surface area contributed by atoms with Crippen LogP contribution in [0.1, 0.15) is 39.4 Å². The maximum atomic E-state index is 12.8. The molecule has 1 amide bonds. The number of nitrogens with one attached hydrogen (secondary N) is 1. The van der Waals surface area contributed by atoms with Gasteiger partial charge >= 0.3 is 5.97 Å². The molecular weight excluding hydrogens is 448 g/mol. The standard InChI is InChI=1S/C24H19ClN2O4S/c1-30-24(29)21-18-4-2-3-5-20(18)32-23(21)27-22(28)15(13-26)12-17-10-11-19(31-17)14-6-8-16(25)9-7-14/h6-12H,2-5H2,1H3,(H,27,28)/b15-12+. The lowest BCUT2D eigenvalue weighted by Gasteiger charge is -2.11. The number of halogens is 1. The SMILES string of the molecule is COC(=O)c1c(NC(=O)/C(C#N)=C/c2ccc(-c3ccc(Cl)cc3)o2)sc2c1CCCC2. The highest BCUT2D eigenvalue weighted by molar-refractivity contribution is 7.17. The van der Waals surface area contributed by atoms with Crippen LogP contribution in [0.2, 0.25) is 5.02 Å². The summed E-state index contributed by atoms with van der Waals surface area (Å²) in [4.78, 5) is 26.3. The van der Waals surface area contributed by atoms with E-state index in [4.69, 9.17) is 20.8 Å². The number of anilines is 1. The second-order valence-electron chi connectivity index (χ2n) is 7.24. The fraction of sp³-hybridized carbons (Fsp3) is 0.208. The lowest BCUT2D eigenvalue weighted by molar-refractivity contribution is -0.112. The van der Waals surface area contributed by atoms with Crippen LogP contribution in [0.15, 0.2) is 46.4 Å². The number of esters is 1. The first-order valence-corrected chi connectivity index (χ1v) is 11.2. The van der Waals surface area contributed by atoms with E-state index >= 15 is 0 Å². The zero-order valence-corrected chi connectivity index (χ0v) is 18.8. The van der Waals surface area contributed by atoms with Gasteiger partial charge in [-0.3, -0.25) is 4.79 Å². The van der Waals surface area contributed by atoms with E-state index in [1.54, 1.807) is 24.3 Å². The molecule has 0 radical (unpaired) electrons. The van der Waals surface area contributed by atoms with E-state index in [0.717, 1.165) is 41.7 Å². The normalized spacial score (nSPS) is 13.2. The smallest absolute Gasteiger partial charge is 0.341 e. The van der Waals surface area contributed by atoms with Crippen LogP contribution in [0.4, 0.5) is 5.00 Å². The van der Waals surface area contributed by atoms with Gasteiger partial charge in [0.25, 0.3) is 5.91 Å². The van der Waals surface area contributed by atoms with Crippen molar-refractivity contribution < 1.29 is 18.7 Å². The van der Waals surface area contributed by atoms with Crippen LogP contribution in [0.25, 0.3) is 17.4 Å². The van der Waals surface area contributed by atoms with E-state index in [1.807, 2.05) is 18.2 Å². The topological polar surface area (TPSA) is 92.3 Å². The number of aryl methyl sites for hydroxylation is 1. The number of thiophene rings is 1. The van der Waals surface area contributed by atoms with Crippen molar-refractivity contribution in [2.75, 3.05) is 12.4 Å². The van der Waals surface area contributed by atoms with Gasteiger partial charge in [-0.15, -0.1) is 11.3 Å². The number of carbonyl (C=O) groups excluding carboxylic acids is 2. The molecule has 2 aromatic heterocycles. The zero-order valence-electron chi connectivity index (χ0n) is 17.2. The highest BCUT2D eigenvalue weighted by Crippen LogP contribution is 2.38. The summed E-state index contributed by atoms with van der Waals surface area (Å²) in [6.45, 7) is 0. The monoisotopic (exact) mass is 466 g/mol. The van der Waals surface area contributed by atoms with E-state index in [2.05, 4.69) is 5.32 Å². The average Bonchev–Trinajstić information content (AvgIpc) is 3.41. The van der Waals surface area contributed by atoms with Gasteiger partial charge in [0, 0.05) is 21.5 Å². The molecule has 0 atom stereocenters. The Morgan fingerprint density at radius 2 is 1.94 bits per heavy atom. The number of methoxy groups -OCH3 is 1. The summed E-state index contributed by atoms with van der Waals surface area (Å²) in [5.41, 5.74) is 2.01. The van der Waals surface area contributed by atoms with Crippen molar-refractivity contribution in [3.8, 4) is 17.4 Å². The number of benzene rings is 1. The third-order valence-electron chi connectivity index (χ3n) is 5.20. The molecule has 162 valence electrons. The second kappa shape index (κ2) is 9.43. The van der Waals surface area contributed by atoms with Crippen molar-refractivity contribution in [3.63, 3.8) is 0 Å². The molecule has 3 aromatic rings. The van der Waals surface area contributed by atoms with E-state index in [-0.39, 0.29) is 5.57 Å². The summed E-state index contributed by atoms with van der Waals surface area (Å²) >= 11 is 7.28. The molecule has 0 saturated heterocycles. The van der Waals surface area contributed by atoms with Crippen LogP contribution in [0.3, 0.4) is 0 Å². The van der Waals surface area contributed by atoms with Crippen LogP contribution < -0.4 is 5.32 Å². The van der Waals surface area contributed by atoms with Gasteiger partial charge in [0.2, 0.25) is 0 Å². The van der Waals surface area contributed by atoms with Gasteiger partial charge in [0.05, 0.1) is 12.7 Å². The molecule has 0 fully saturated rings. The quantitative estimate of drug-likeness (QED) is 0.288. The van der Waals surface area contributed by atoms with Crippen molar-refractivity contribution in [1.29, 1.82) is 5.26 Å². The number of furan rings is 1. The summed E-state index contributed by atoms with van der Waals surface area (Å²) in [6, 6.07) is 12.5. The van der Waals surface area contributed by atoms with Gasteiger partial charge < -0.3 is 14.5 Å². The van der Waals surface area contributed by atoms with Crippen molar-refractivity contribution in [2.24, 2.45) is 0 Å². The predicted octanol–water partition coefficient (Wildman–Crippen LogP) is 5.87. The van der Waals surface area contributed by atoms with Gasteiger partial charge in [0.15, 0.2) is 0 Å². The van der Waals surface area contributed by atoms with Crippen molar-refractivity contribution >= 4 is 45.9 Å². The Balaban J connectivity index is 1.59. The highest BCUT2D eigenvalue weighted by atomic mass is 35.5. The Kier molecular flexibility index (Phi) is 6.45. The minimum Gasteiger partial charge on any atom is -0.465 e. The minimum absolute atomic E-state index is 0.135. The molecule has 0 bridgehead atoms. The molecule has 2 heterocycles. The Bertz CT molecular complexity index is 1250. The third-order valence-corrected chi connectivity index (χ3v) is 6.65. The fourth-order valence-corrected chi connectivity index (χ4v) is 5.03. The number of rotatable bonds is 5. The van der Waals surface area contributed by atoms with E-state index in [9.17, 15) is 14.9 Å². The van der Waals surface area contributed by atoms with Crippen LogP contribution in [-0.4, -0.2) is 19.0 Å². The van der Waals surface area contributed by atoms with Crippen LogP contribution in [0.5, 0.6) is 0 Å². The zero-order chi connectivity index (χ0) is 22.7. The lowest BCUT2D eigenvalue weighted by atomic mass is 9.95. The maximum absolute atomic E-state index is 12.8. The minimum atomic E-state index is -0.610. The molecule has 0 aliphatic heterocycles. The molecule has 6 nitrogen and oxygen atoms in total. The van der Waals surface area contributed by atoms with Crippen molar-refractivity contribution in [3.05, 3.63) is 68.8 Å². The third kappa shape index (κ3) is 4.47. The molecule has 0 spiro atoms. The molecule has 1 aromatic carbocycles. The lowest BCUT2D eigenvalue weighted by Crippen LogP contribution is -2.16. The molecule has 1 aliphatic carbocycles. The molecule has 1 N–H and O–H groups in total. The maximum Gasteiger partial charge on any atom is 0.341 e. The van der Waals surface area contributed by atoms with Crippen molar-refractivity contribution in [1.82, 2.24) is 0 Å². The summed E-state index contributed by atoms with van der Waals surface area (Å²) in [6.07, 6.45) is 5.03. The number of amides is 1. The number of carbonyl (C=O) groups is 2. The van der Waals surface area contributed by atoms with E-state index in [0.29, 0.717) is 27.1 Å². The highest BCUT2D eigenvalue weighted by Gasteiger charge is 2.27. The largest absolute Gasteiger partial charge is 0.465 e. The van der Waals surface area contributed by atoms with Gasteiger partial charge in [-0.2, -0.15) is 5.26 Å². The average molecular weight is 467 g/mol. The van der Waals surface area contributed by atoms with E-state index < -0.39 is 11.9 Å². The van der Waals surface area contributed by atoms with E-state index in [1.165, 1.54) is 24.5 Å². The van der Waals surface area contributed by atoms with Crippen LogP contribution in [0, 0.1) is 11.3 Å². The molecule has 0 unspecified atom stereocenters. The first kappa shape index (κ1) is 21.9. The molecule has 8 heteroatoms. The summed E-state index contributed by atoms with van der Waals surface area (Å²) in [5, 5.41) is 13.3. The van der Waals surface area contributed by atoms with Gasteiger partial charge in [-0.05, 0) is 67.6 Å². The number of hydrogen-bond donors (Lipinski definition) is 1. The van der Waals surface area contributed by atoms with Crippen LogP contribution >= 0.6 is 22.9 Å². The van der Waals surface area contributed by atoms with Gasteiger partial charge in [-0.25, -0.2) is 4.79 Å². The Morgan fingerprint density at radius 3 is 2.66 bits per heavy atom. The number of nitrogens with zero attached hydrogens (tertiary/aromatic N) is 1. The Morgan fingerprint density at radius 1 is 1.19 bits per heavy atom. The Hall–Kier alpha value is -3.34.